The summed E-state index contributed by atoms with van der Waals surface area (Å²) in [6.07, 6.45) is 2.97. The Bertz CT molecular complexity index is 341. The average molecular weight is 185 g/mol. The van der Waals surface area contributed by atoms with Gasteiger partial charge in [-0.25, -0.2) is 0 Å². The Morgan fingerprint density at radius 1 is 1.36 bits per heavy atom. The quantitative estimate of drug-likeness (QED) is 0.659. The molecule has 0 heterocycles. The number of benzene rings is 1. The fourth-order valence-corrected chi connectivity index (χ4v) is 1.20. The molecule has 0 amide bonds. The van der Waals surface area contributed by atoms with E-state index in [1.165, 1.54) is 0 Å². The van der Waals surface area contributed by atoms with E-state index in [2.05, 4.69) is 19.9 Å². The lowest BCUT2D eigenvalue weighted by Gasteiger charge is -2.01. The maximum absolute atomic E-state index is 8.97. The second-order valence-corrected chi connectivity index (χ2v) is 3.73. The molecule has 1 rings (SSSR count). The Hall–Kier alpha value is -1.55. The SMILES string of the molecule is CC(C)C/C=C(/C#N)c1ccccc1. The topological polar surface area (TPSA) is 23.8 Å². The van der Waals surface area contributed by atoms with Crippen LogP contribution in [-0.2, 0) is 0 Å². The van der Waals surface area contributed by atoms with Crippen molar-refractivity contribution >= 4 is 5.57 Å². The number of rotatable bonds is 3. The van der Waals surface area contributed by atoms with Gasteiger partial charge in [0.15, 0.2) is 0 Å². The number of nitriles is 1. The van der Waals surface area contributed by atoms with Crippen LogP contribution < -0.4 is 0 Å². The smallest absolute Gasteiger partial charge is 0.0994 e. The van der Waals surface area contributed by atoms with Gasteiger partial charge in [0.05, 0.1) is 11.6 Å². The van der Waals surface area contributed by atoms with Crippen molar-refractivity contribution in [3.05, 3.63) is 42.0 Å². The van der Waals surface area contributed by atoms with Gasteiger partial charge in [-0.15, -0.1) is 0 Å². The largest absolute Gasteiger partial charge is 0.192 e. The second-order valence-electron chi connectivity index (χ2n) is 3.73. The molecular weight excluding hydrogens is 170 g/mol. The summed E-state index contributed by atoms with van der Waals surface area (Å²) in [6.45, 7) is 4.30. The molecule has 0 radical (unpaired) electrons. The molecule has 0 bridgehead atoms. The van der Waals surface area contributed by atoms with E-state index in [1.807, 2.05) is 36.4 Å². The first kappa shape index (κ1) is 10.5. The van der Waals surface area contributed by atoms with Gasteiger partial charge in [0.1, 0.15) is 0 Å². The minimum atomic E-state index is 0.599. The summed E-state index contributed by atoms with van der Waals surface area (Å²) in [4.78, 5) is 0. The zero-order valence-corrected chi connectivity index (χ0v) is 8.70. The van der Waals surface area contributed by atoms with Crippen LogP contribution in [0.4, 0.5) is 0 Å². The van der Waals surface area contributed by atoms with Crippen LogP contribution in [0, 0.1) is 17.2 Å². The van der Waals surface area contributed by atoms with E-state index in [-0.39, 0.29) is 0 Å². The van der Waals surface area contributed by atoms with Crippen molar-refractivity contribution in [1.29, 1.82) is 5.26 Å². The fourth-order valence-electron chi connectivity index (χ4n) is 1.20. The van der Waals surface area contributed by atoms with Crippen molar-refractivity contribution in [3.63, 3.8) is 0 Å². The monoisotopic (exact) mass is 185 g/mol. The maximum atomic E-state index is 8.97. The van der Waals surface area contributed by atoms with Crippen LogP contribution in [0.25, 0.3) is 5.57 Å². The molecule has 0 aliphatic rings. The third kappa shape index (κ3) is 3.06. The van der Waals surface area contributed by atoms with Crippen molar-refractivity contribution < 1.29 is 0 Å². The van der Waals surface area contributed by atoms with Crippen molar-refractivity contribution in [2.75, 3.05) is 0 Å². The Balaban J connectivity index is 2.84. The Morgan fingerprint density at radius 3 is 2.50 bits per heavy atom. The molecule has 14 heavy (non-hydrogen) atoms. The van der Waals surface area contributed by atoms with Crippen molar-refractivity contribution in [1.82, 2.24) is 0 Å². The van der Waals surface area contributed by atoms with Crippen LogP contribution in [0.3, 0.4) is 0 Å². The Kier molecular flexibility index (Phi) is 3.94. The molecule has 0 spiro atoms. The second kappa shape index (κ2) is 5.24. The van der Waals surface area contributed by atoms with Crippen LogP contribution >= 0.6 is 0 Å². The average Bonchev–Trinajstić information content (AvgIpc) is 2.20. The number of hydrogen-bond acceptors (Lipinski definition) is 1. The maximum Gasteiger partial charge on any atom is 0.0994 e. The van der Waals surface area contributed by atoms with E-state index < -0.39 is 0 Å². The Labute approximate surface area is 85.7 Å². The summed E-state index contributed by atoms with van der Waals surface area (Å²) in [6, 6.07) is 12.0. The number of hydrogen-bond donors (Lipinski definition) is 0. The predicted octanol–water partition coefficient (Wildman–Crippen LogP) is 3.64. The van der Waals surface area contributed by atoms with Gasteiger partial charge in [0.2, 0.25) is 0 Å². The minimum Gasteiger partial charge on any atom is -0.192 e. The molecule has 0 unspecified atom stereocenters. The van der Waals surface area contributed by atoms with Crippen molar-refractivity contribution in [2.45, 2.75) is 20.3 Å². The zero-order chi connectivity index (χ0) is 10.4. The number of nitrogens with zero attached hydrogens (tertiary/aromatic N) is 1. The van der Waals surface area contributed by atoms with Crippen LogP contribution in [0.1, 0.15) is 25.8 Å². The van der Waals surface area contributed by atoms with Gasteiger partial charge in [-0.3, -0.25) is 0 Å². The number of allylic oxidation sites excluding steroid dienone is 2. The summed E-state index contributed by atoms with van der Waals surface area (Å²) in [5.74, 6) is 0.599. The molecule has 0 N–H and O–H groups in total. The third-order valence-electron chi connectivity index (χ3n) is 2.00. The molecule has 1 aromatic carbocycles. The molecule has 1 aromatic rings. The van der Waals surface area contributed by atoms with Gasteiger partial charge < -0.3 is 0 Å². The molecule has 0 atom stereocenters. The highest BCUT2D eigenvalue weighted by molar-refractivity contribution is 5.76. The van der Waals surface area contributed by atoms with E-state index in [4.69, 9.17) is 5.26 Å². The summed E-state index contributed by atoms with van der Waals surface area (Å²) >= 11 is 0. The highest BCUT2D eigenvalue weighted by atomic mass is 14.2. The molecule has 0 aliphatic heterocycles. The lowest BCUT2D eigenvalue weighted by atomic mass is 10.0. The first-order valence-corrected chi connectivity index (χ1v) is 4.89. The van der Waals surface area contributed by atoms with Gasteiger partial charge in [-0.2, -0.15) is 5.26 Å². The van der Waals surface area contributed by atoms with Crippen molar-refractivity contribution in [3.8, 4) is 6.07 Å². The first-order chi connectivity index (χ1) is 6.74. The minimum absolute atomic E-state index is 0.599. The van der Waals surface area contributed by atoms with Gasteiger partial charge in [-0.05, 0) is 17.9 Å². The van der Waals surface area contributed by atoms with Crippen molar-refractivity contribution in [2.24, 2.45) is 5.92 Å². The molecule has 72 valence electrons. The summed E-state index contributed by atoms with van der Waals surface area (Å²) < 4.78 is 0. The molecule has 1 nitrogen and oxygen atoms in total. The van der Waals surface area contributed by atoms with Crippen LogP contribution in [0.15, 0.2) is 36.4 Å². The standard InChI is InChI=1S/C13H15N/c1-11(2)8-9-13(10-14)12-6-4-3-5-7-12/h3-7,9,11H,8H2,1-2H3/b13-9-. The van der Waals surface area contributed by atoms with Gasteiger partial charge in [-0.1, -0.05) is 50.3 Å². The zero-order valence-electron chi connectivity index (χ0n) is 8.70. The van der Waals surface area contributed by atoms with Crippen LogP contribution in [0.2, 0.25) is 0 Å². The molecule has 1 heteroatoms. The van der Waals surface area contributed by atoms with E-state index in [0.29, 0.717) is 5.92 Å². The molecule has 0 saturated carbocycles. The summed E-state index contributed by atoms with van der Waals surface area (Å²) in [5, 5.41) is 8.97. The summed E-state index contributed by atoms with van der Waals surface area (Å²) in [7, 11) is 0. The predicted molar refractivity (Wildman–Crippen MR) is 59.5 cm³/mol. The molecule has 0 aromatic heterocycles. The van der Waals surface area contributed by atoms with Gasteiger partial charge in [0.25, 0.3) is 0 Å². The molecule has 0 saturated heterocycles. The van der Waals surface area contributed by atoms with Crippen LogP contribution in [0.5, 0.6) is 0 Å². The normalized spacial score (nSPS) is 11.4. The van der Waals surface area contributed by atoms with E-state index in [0.717, 1.165) is 17.6 Å². The molecular formula is C13H15N. The highest BCUT2D eigenvalue weighted by Gasteiger charge is 1.99. The molecule has 0 aliphatic carbocycles. The lowest BCUT2D eigenvalue weighted by molar-refractivity contribution is 0.664. The lowest BCUT2D eigenvalue weighted by Crippen LogP contribution is -1.85. The first-order valence-electron chi connectivity index (χ1n) is 4.89. The Morgan fingerprint density at radius 2 is 2.00 bits per heavy atom. The van der Waals surface area contributed by atoms with Crippen LogP contribution in [-0.4, -0.2) is 0 Å². The summed E-state index contributed by atoms with van der Waals surface area (Å²) in [5.41, 5.74) is 1.79. The van der Waals surface area contributed by atoms with E-state index >= 15 is 0 Å². The van der Waals surface area contributed by atoms with Gasteiger partial charge in [0, 0.05) is 0 Å². The van der Waals surface area contributed by atoms with E-state index in [1.54, 1.807) is 0 Å². The third-order valence-corrected chi connectivity index (χ3v) is 2.00. The van der Waals surface area contributed by atoms with E-state index in [9.17, 15) is 0 Å². The van der Waals surface area contributed by atoms with Gasteiger partial charge >= 0.3 is 0 Å². The highest BCUT2D eigenvalue weighted by Crippen LogP contribution is 2.15. The molecule has 0 fully saturated rings. The fraction of sp³-hybridized carbons (Fsp3) is 0.308.